The molecule has 4 nitrogen and oxygen atoms in total. The van der Waals surface area contributed by atoms with Crippen molar-refractivity contribution < 1.29 is 4.52 Å². The van der Waals surface area contributed by atoms with Crippen molar-refractivity contribution in [2.75, 3.05) is 6.54 Å². The average Bonchev–Trinajstić information content (AvgIpc) is 2.94. The lowest BCUT2D eigenvalue weighted by Crippen LogP contribution is -2.31. The first-order chi connectivity index (χ1) is 9.57. The number of halogens is 1. The molecule has 2 aromatic rings. The molecule has 0 radical (unpaired) electrons. The Balaban J connectivity index is 2.03. The molecule has 1 aromatic carbocycles. The maximum atomic E-state index is 5.95. The van der Waals surface area contributed by atoms with Crippen LogP contribution < -0.4 is 5.73 Å². The average molecular weight is 312 g/mol. The van der Waals surface area contributed by atoms with Crippen molar-refractivity contribution in [1.82, 2.24) is 10.1 Å². The van der Waals surface area contributed by atoms with Crippen LogP contribution in [0.25, 0.3) is 0 Å². The summed E-state index contributed by atoms with van der Waals surface area (Å²) in [5, 5.41) is 4.75. The molecule has 0 amide bonds. The van der Waals surface area contributed by atoms with E-state index in [1.165, 1.54) is 0 Å². The van der Waals surface area contributed by atoms with Crippen molar-refractivity contribution in [2.24, 2.45) is 5.73 Å². The van der Waals surface area contributed by atoms with Gasteiger partial charge in [-0.25, -0.2) is 0 Å². The number of nitrogens with zero attached hydrogens (tertiary/aromatic N) is 2. The van der Waals surface area contributed by atoms with Gasteiger partial charge in [-0.15, -0.1) is 11.8 Å². The van der Waals surface area contributed by atoms with E-state index in [4.69, 9.17) is 21.9 Å². The second-order valence-electron chi connectivity index (χ2n) is 4.88. The molecule has 2 N–H and O–H groups in total. The summed E-state index contributed by atoms with van der Waals surface area (Å²) < 4.78 is 5.34. The van der Waals surface area contributed by atoms with Crippen molar-refractivity contribution in [1.29, 1.82) is 0 Å². The van der Waals surface area contributed by atoms with Crippen LogP contribution in [-0.4, -0.2) is 16.7 Å². The third-order valence-electron chi connectivity index (χ3n) is 3.38. The number of hydrogen-bond donors (Lipinski definition) is 1. The Morgan fingerprint density at radius 3 is 2.90 bits per heavy atom. The summed E-state index contributed by atoms with van der Waals surface area (Å²) in [6, 6.07) is 7.71. The van der Waals surface area contributed by atoms with E-state index in [0.717, 1.165) is 16.3 Å². The molecule has 2 rings (SSSR count). The maximum absolute atomic E-state index is 5.95. The third kappa shape index (κ3) is 3.53. The van der Waals surface area contributed by atoms with E-state index in [-0.39, 0.29) is 5.41 Å². The molecule has 20 heavy (non-hydrogen) atoms. The molecule has 6 heteroatoms. The molecule has 1 unspecified atom stereocenters. The molecule has 0 spiro atoms. The van der Waals surface area contributed by atoms with E-state index >= 15 is 0 Å². The van der Waals surface area contributed by atoms with Crippen molar-refractivity contribution in [3.8, 4) is 0 Å². The molecule has 0 saturated heterocycles. The lowest BCUT2D eigenvalue weighted by Gasteiger charge is -2.20. The van der Waals surface area contributed by atoms with E-state index in [1.807, 2.05) is 31.2 Å². The summed E-state index contributed by atoms with van der Waals surface area (Å²) in [5.41, 5.74) is 5.55. The minimum absolute atomic E-state index is 0.244. The van der Waals surface area contributed by atoms with Crippen LogP contribution in [0.4, 0.5) is 0 Å². The monoisotopic (exact) mass is 311 g/mol. The number of aromatic nitrogens is 2. The van der Waals surface area contributed by atoms with Crippen LogP contribution in [0.15, 0.2) is 33.7 Å². The summed E-state index contributed by atoms with van der Waals surface area (Å²) in [5.74, 6) is 1.94. The topological polar surface area (TPSA) is 64.9 Å². The van der Waals surface area contributed by atoms with E-state index in [0.29, 0.717) is 24.0 Å². The Bertz CT molecular complexity index is 569. The van der Waals surface area contributed by atoms with Gasteiger partial charge in [0.1, 0.15) is 0 Å². The van der Waals surface area contributed by atoms with Crippen molar-refractivity contribution in [3.05, 3.63) is 41.0 Å². The fraction of sp³-hybridized carbons (Fsp3) is 0.429. The summed E-state index contributed by atoms with van der Waals surface area (Å²) in [6.07, 6.45) is 0.868. The van der Waals surface area contributed by atoms with Crippen LogP contribution in [0.5, 0.6) is 0 Å². The predicted octanol–water partition coefficient (Wildman–Crippen LogP) is 3.64. The molecule has 1 heterocycles. The second-order valence-corrected chi connectivity index (χ2v) is 6.37. The second kappa shape index (κ2) is 6.61. The molecule has 0 saturated carbocycles. The van der Waals surface area contributed by atoms with Crippen LogP contribution in [0, 0.1) is 0 Å². The van der Waals surface area contributed by atoms with Crippen molar-refractivity contribution in [3.63, 3.8) is 0 Å². The van der Waals surface area contributed by atoms with E-state index in [2.05, 4.69) is 17.1 Å². The van der Waals surface area contributed by atoms with Gasteiger partial charge in [0.05, 0.1) is 11.2 Å². The molecule has 0 aliphatic rings. The van der Waals surface area contributed by atoms with Gasteiger partial charge in [0.2, 0.25) is 5.89 Å². The lowest BCUT2D eigenvalue weighted by atomic mass is 9.88. The Morgan fingerprint density at radius 2 is 2.25 bits per heavy atom. The van der Waals surface area contributed by atoms with Gasteiger partial charge >= 0.3 is 0 Å². The Morgan fingerprint density at radius 1 is 1.45 bits per heavy atom. The predicted molar refractivity (Wildman–Crippen MR) is 82.0 cm³/mol. The van der Waals surface area contributed by atoms with Gasteiger partial charge in [0, 0.05) is 16.5 Å². The van der Waals surface area contributed by atoms with E-state index < -0.39 is 0 Å². The van der Waals surface area contributed by atoms with Crippen molar-refractivity contribution in [2.45, 2.75) is 36.3 Å². The molecule has 108 valence electrons. The van der Waals surface area contributed by atoms with Gasteiger partial charge in [0.15, 0.2) is 5.82 Å². The minimum Gasteiger partial charge on any atom is -0.339 e. The molecular weight excluding hydrogens is 294 g/mol. The molecule has 0 aliphatic heterocycles. The Hall–Kier alpha value is -1.04. The van der Waals surface area contributed by atoms with Gasteiger partial charge in [-0.2, -0.15) is 4.98 Å². The van der Waals surface area contributed by atoms with Gasteiger partial charge in [-0.3, -0.25) is 0 Å². The first kappa shape index (κ1) is 15.4. The van der Waals surface area contributed by atoms with E-state index in [1.54, 1.807) is 11.8 Å². The molecule has 0 aliphatic carbocycles. The zero-order valence-electron chi connectivity index (χ0n) is 11.6. The smallest absolute Gasteiger partial charge is 0.233 e. The Kier molecular flexibility index (Phi) is 5.07. The summed E-state index contributed by atoms with van der Waals surface area (Å²) >= 11 is 7.58. The minimum atomic E-state index is -0.244. The zero-order valence-corrected chi connectivity index (χ0v) is 13.2. The number of benzene rings is 1. The fourth-order valence-electron chi connectivity index (χ4n) is 1.65. The molecule has 1 atom stereocenters. The van der Waals surface area contributed by atoms with Gasteiger partial charge in [-0.1, -0.05) is 29.7 Å². The Labute approximate surface area is 128 Å². The van der Waals surface area contributed by atoms with Crippen LogP contribution in [0.1, 0.15) is 32.0 Å². The fourth-order valence-corrected chi connectivity index (χ4v) is 2.70. The first-order valence-electron chi connectivity index (χ1n) is 6.49. The van der Waals surface area contributed by atoms with Crippen LogP contribution >= 0.6 is 23.4 Å². The third-order valence-corrected chi connectivity index (χ3v) is 4.60. The first-order valence-corrected chi connectivity index (χ1v) is 7.85. The van der Waals surface area contributed by atoms with Crippen LogP contribution in [0.3, 0.4) is 0 Å². The largest absolute Gasteiger partial charge is 0.339 e. The van der Waals surface area contributed by atoms with Crippen molar-refractivity contribution >= 4 is 23.4 Å². The highest BCUT2D eigenvalue weighted by atomic mass is 35.5. The molecule has 0 bridgehead atoms. The van der Waals surface area contributed by atoms with Crippen LogP contribution in [-0.2, 0) is 11.2 Å². The summed E-state index contributed by atoms with van der Waals surface area (Å²) in [7, 11) is 0. The van der Waals surface area contributed by atoms with E-state index in [9.17, 15) is 0 Å². The normalized spacial score (nSPS) is 14.2. The highest BCUT2D eigenvalue weighted by Gasteiger charge is 2.29. The number of rotatable bonds is 6. The van der Waals surface area contributed by atoms with Gasteiger partial charge in [0.25, 0.3) is 0 Å². The zero-order chi connectivity index (χ0) is 14.6. The SMILES string of the molecule is CCC(C)(CN)c1nc(CSc2cccc(Cl)c2)no1. The number of nitrogens with two attached hydrogens (primary N) is 1. The molecule has 0 fully saturated rings. The summed E-state index contributed by atoms with van der Waals surface area (Å²) in [4.78, 5) is 5.53. The highest BCUT2D eigenvalue weighted by molar-refractivity contribution is 7.98. The molecule has 1 aromatic heterocycles. The number of hydrogen-bond acceptors (Lipinski definition) is 5. The number of thioether (sulfide) groups is 1. The van der Waals surface area contributed by atoms with Gasteiger partial charge in [-0.05, 0) is 31.5 Å². The summed E-state index contributed by atoms with van der Waals surface area (Å²) in [6.45, 7) is 4.60. The maximum Gasteiger partial charge on any atom is 0.233 e. The molecular formula is C14H18ClN3OS. The van der Waals surface area contributed by atoms with Crippen LogP contribution in [0.2, 0.25) is 5.02 Å². The standard InChI is InChI=1S/C14H18ClN3OS/c1-3-14(2,9-16)13-17-12(18-19-13)8-20-11-6-4-5-10(15)7-11/h4-7H,3,8-9,16H2,1-2H3. The quantitative estimate of drug-likeness (QED) is 0.825. The van der Waals surface area contributed by atoms with Gasteiger partial charge < -0.3 is 10.3 Å². The highest BCUT2D eigenvalue weighted by Crippen LogP contribution is 2.27. The lowest BCUT2D eigenvalue weighted by molar-refractivity contribution is 0.289.